The van der Waals surface area contributed by atoms with Crippen molar-refractivity contribution in [3.05, 3.63) is 58.6 Å². The standard InChI is InChI=1S/C17H18ClNO2/c1-11(8-12-2-4-13(18)5-3-12)19-16-10-21-17-9-14(20)6-7-15(16)17/h2-7,9,11,16,19-20H,8,10H2,1H3. The molecule has 0 bridgehead atoms. The van der Waals surface area contributed by atoms with E-state index in [4.69, 9.17) is 16.3 Å². The second-order valence-electron chi connectivity index (χ2n) is 5.48. The van der Waals surface area contributed by atoms with Crippen molar-refractivity contribution in [2.75, 3.05) is 6.61 Å². The molecule has 0 saturated carbocycles. The molecule has 2 aromatic carbocycles. The number of rotatable bonds is 4. The molecule has 110 valence electrons. The van der Waals surface area contributed by atoms with Crippen LogP contribution in [0.5, 0.6) is 11.5 Å². The fourth-order valence-corrected chi connectivity index (χ4v) is 2.84. The van der Waals surface area contributed by atoms with Gasteiger partial charge in [0.15, 0.2) is 0 Å². The molecule has 0 saturated heterocycles. The van der Waals surface area contributed by atoms with Gasteiger partial charge in [0, 0.05) is 22.7 Å². The van der Waals surface area contributed by atoms with E-state index in [2.05, 4.69) is 24.4 Å². The third kappa shape index (κ3) is 3.31. The van der Waals surface area contributed by atoms with Crippen LogP contribution in [0.2, 0.25) is 5.02 Å². The van der Waals surface area contributed by atoms with E-state index in [1.165, 1.54) is 5.56 Å². The van der Waals surface area contributed by atoms with Crippen LogP contribution < -0.4 is 10.1 Å². The Bertz CT molecular complexity index is 627. The molecule has 3 rings (SSSR count). The lowest BCUT2D eigenvalue weighted by molar-refractivity contribution is 0.299. The Balaban J connectivity index is 1.64. The van der Waals surface area contributed by atoms with E-state index in [9.17, 15) is 5.11 Å². The lowest BCUT2D eigenvalue weighted by Crippen LogP contribution is -2.33. The van der Waals surface area contributed by atoms with Gasteiger partial charge in [0.05, 0.1) is 6.04 Å². The Kier molecular flexibility index (Phi) is 4.04. The number of benzene rings is 2. The molecule has 2 unspecified atom stereocenters. The van der Waals surface area contributed by atoms with Crippen molar-refractivity contribution in [1.29, 1.82) is 0 Å². The highest BCUT2D eigenvalue weighted by Gasteiger charge is 2.25. The van der Waals surface area contributed by atoms with Gasteiger partial charge in [-0.15, -0.1) is 0 Å². The van der Waals surface area contributed by atoms with Crippen LogP contribution in [0.1, 0.15) is 24.1 Å². The van der Waals surface area contributed by atoms with Gasteiger partial charge < -0.3 is 15.2 Å². The molecule has 1 aliphatic rings. The number of fused-ring (bicyclic) bond motifs is 1. The van der Waals surface area contributed by atoms with Gasteiger partial charge in [-0.2, -0.15) is 0 Å². The summed E-state index contributed by atoms with van der Waals surface area (Å²) in [6.07, 6.45) is 0.932. The third-order valence-corrected chi connectivity index (χ3v) is 3.97. The van der Waals surface area contributed by atoms with E-state index >= 15 is 0 Å². The predicted octanol–water partition coefficient (Wildman–Crippen LogP) is 3.70. The number of phenols is 1. The molecule has 0 aromatic heterocycles. The lowest BCUT2D eigenvalue weighted by Gasteiger charge is -2.19. The number of hydrogen-bond donors (Lipinski definition) is 2. The van der Waals surface area contributed by atoms with Crippen LogP contribution >= 0.6 is 11.6 Å². The third-order valence-electron chi connectivity index (χ3n) is 3.72. The second kappa shape index (κ2) is 5.96. The van der Waals surface area contributed by atoms with E-state index in [1.54, 1.807) is 12.1 Å². The van der Waals surface area contributed by atoms with E-state index in [-0.39, 0.29) is 11.8 Å². The molecule has 0 aliphatic carbocycles. The van der Waals surface area contributed by atoms with Gasteiger partial charge in [-0.1, -0.05) is 23.7 Å². The van der Waals surface area contributed by atoms with Gasteiger partial charge in [0.25, 0.3) is 0 Å². The molecule has 2 aromatic rings. The number of aromatic hydroxyl groups is 1. The van der Waals surface area contributed by atoms with Crippen molar-refractivity contribution in [3.63, 3.8) is 0 Å². The maximum absolute atomic E-state index is 9.47. The van der Waals surface area contributed by atoms with Crippen molar-refractivity contribution in [2.45, 2.75) is 25.4 Å². The summed E-state index contributed by atoms with van der Waals surface area (Å²) in [4.78, 5) is 0. The number of halogens is 1. The zero-order chi connectivity index (χ0) is 14.8. The van der Waals surface area contributed by atoms with E-state index in [0.29, 0.717) is 12.6 Å². The molecule has 3 nitrogen and oxygen atoms in total. The molecule has 1 aliphatic heterocycles. The second-order valence-corrected chi connectivity index (χ2v) is 5.92. The van der Waals surface area contributed by atoms with Crippen LogP contribution in [0.3, 0.4) is 0 Å². The van der Waals surface area contributed by atoms with E-state index < -0.39 is 0 Å². The first-order chi connectivity index (χ1) is 10.1. The van der Waals surface area contributed by atoms with Crippen LogP contribution in [0.15, 0.2) is 42.5 Å². The highest BCUT2D eigenvalue weighted by molar-refractivity contribution is 6.30. The fraction of sp³-hybridized carbons (Fsp3) is 0.294. The first-order valence-corrected chi connectivity index (χ1v) is 7.46. The summed E-state index contributed by atoms with van der Waals surface area (Å²) in [6.45, 7) is 2.76. The summed E-state index contributed by atoms with van der Waals surface area (Å²) in [5, 5.41) is 13.8. The normalized spacial score (nSPS) is 18.1. The number of phenolic OH excluding ortho intramolecular Hbond substituents is 1. The maximum atomic E-state index is 9.47. The molecule has 0 fully saturated rings. The molecule has 0 spiro atoms. The van der Waals surface area contributed by atoms with Gasteiger partial charge in [-0.05, 0) is 43.2 Å². The highest BCUT2D eigenvalue weighted by Crippen LogP contribution is 2.35. The topological polar surface area (TPSA) is 41.5 Å². The Hall–Kier alpha value is -1.71. The molecule has 2 N–H and O–H groups in total. The summed E-state index contributed by atoms with van der Waals surface area (Å²) >= 11 is 5.90. The van der Waals surface area contributed by atoms with Gasteiger partial charge >= 0.3 is 0 Å². The summed E-state index contributed by atoms with van der Waals surface area (Å²) < 4.78 is 5.62. The van der Waals surface area contributed by atoms with Crippen LogP contribution in [0, 0.1) is 0 Å². The number of ether oxygens (including phenoxy) is 1. The van der Waals surface area contributed by atoms with Crippen LogP contribution in [-0.2, 0) is 6.42 Å². The van der Waals surface area contributed by atoms with Crippen LogP contribution in [0.25, 0.3) is 0 Å². The molecule has 0 amide bonds. The first-order valence-electron chi connectivity index (χ1n) is 7.08. The Morgan fingerprint density at radius 1 is 1.29 bits per heavy atom. The minimum atomic E-state index is 0.169. The minimum absolute atomic E-state index is 0.169. The number of hydrogen-bond acceptors (Lipinski definition) is 3. The van der Waals surface area contributed by atoms with Crippen LogP contribution in [-0.4, -0.2) is 17.8 Å². The monoisotopic (exact) mass is 303 g/mol. The SMILES string of the molecule is CC(Cc1ccc(Cl)cc1)NC1COc2cc(O)ccc21. The first kappa shape index (κ1) is 14.2. The van der Waals surface area contributed by atoms with Gasteiger partial charge in [0.1, 0.15) is 18.1 Å². The molecule has 1 heterocycles. The minimum Gasteiger partial charge on any atom is -0.508 e. The quantitative estimate of drug-likeness (QED) is 0.905. The predicted molar refractivity (Wildman–Crippen MR) is 84.1 cm³/mol. The smallest absolute Gasteiger partial charge is 0.127 e. The Morgan fingerprint density at radius 2 is 2.05 bits per heavy atom. The molecular weight excluding hydrogens is 286 g/mol. The van der Waals surface area contributed by atoms with Gasteiger partial charge in [-0.3, -0.25) is 0 Å². The zero-order valence-corrected chi connectivity index (χ0v) is 12.6. The zero-order valence-electron chi connectivity index (χ0n) is 11.8. The fourth-order valence-electron chi connectivity index (χ4n) is 2.71. The van der Waals surface area contributed by atoms with Gasteiger partial charge in [-0.25, -0.2) is 0 Å². The Morgan fingerprint density at radius 3 is 2.81 bits per heavy atom. The average Bonchev–Trinajstić information content (AvgIpc) is 2.83. The van der Waals surface area contributed by atoms with Crippen molar-refractivity contribution >= 4 is 11.6 Å². The molecule has 21 heavy (non-hydrogen) atoms. The van der Waals surface area contributed by atoms with Crippen molar-refractivity contribution in [3.8, 4) is 11.5 Å². The molecular formula is C17H18ClNO2. The maximum Gasteiger partial charge on any atom is 0.127 e. The average molecular weight is 304 g/mol. The summed E-state index contributed by atoms with van der Waals surface area (Å²) in [5.41, 5.74) is 2.36. The van der Waals surface area contributed by atoms with Gasteiger partial charge in [0.2, 0.25) is 0 Å². The van der Waals surface area contributed by atoms with Crippen LogP contribution in [0.4, 0.5) is 0 Å². The highest BCUT2D eigenvalue weighted by atomic mass is 35.5. The lowest BCUT2D eigenvalue weighted by atomic mass is 10.0. The summed E-state index contributed by atoms with van der Waals surface area (Å²) in [5.74, 6) is 1.01. The van der Waals surface area contributed by atoms with Crippen molar-refractivity contribution in [2.24, 2.45) is 0 Å². The van der Waals surface area contributed by atoms with E-state index in [0.717, 1.165) is 22.8 Å². The van der Waals surface area contributed by atoms with Crippen molar-refractivity contribution < 1.29 is 9.84 Å². The van der Waals surface area contributed by atoms with Crippen molar-refractivity contribution in [1.82, 2.24) is 5.32 Å². The van der Waals surface area contributed by atoms with E-state index in [1.807, 2.05) is 18.2 Å². The number of nitrogens with one attached hydrogen (secondary N) is 1. The summed E-state index contributed by atoms with van der Waals surface area (Å²) in [7, 11) is 0. The largest absolute Gasteiger partial charge is 0.508 e. The molecule has 0 radical (unpaired) electrons. The summed E-state index contributed by atoms with van der Waals surface area (Å²) in [6, 6.07) is 13.7. The Labute approximate surface area is 129 Å². The molecule has 4 heteroatoms. The molecule has 2 atom stereocenters.